The van der Waals surface area contributed by atoms with Crippen molar-refractivity contribution in [1.29, 1.82) is 0 Å². The van der Waals surface area contributed by atoms with Gasteiger partial charge in [-0.15, -0.1) is 0 Å². The minimum atomic E-state index is -1.00. The van der Waals surface area contributed by atoms with Gasteiger partial charge in [-0.05, 0) is 37.9 Å². The third-order valence-corrected chi connectivity index (χ3v) is 6.06. The molecule has 1 aliphatic heterocycles. The maximum Gasteiger partial charge on any atom is 0.328 e. The number of aliphatic imine (C=N–C) groups is 1. The number of para-hydroxylation sites is 1. The second-order valence-corrected chi connectivity index (χ2v) is 8.51. The molecule has 6 nitrogen and oxygen atoms in total. The molecular formula is C28H29N3O3. The average molecular weight is 456 g/mol. The number of hydrogen-bond donors (Lipinski definition) is 2. The summed E-state index contributed by atoms with van der Waals surface area (Å²) in [6.07, 6.45) is 1.77. The van der Waals surface area contributed by atoms with E-state index in [0.717, 1.165) is 31.5 Å². The molecule has 2 N–H and O–H groups in total. The van der Waals surface area contributed by atoms with Crippen molar-refractivity contribution < 1.29 is 14.7 Å². The molecule has 0 bridgehead atoms. The number of anilines is 1. The summed E-state index contributed by atoms with van der Waals surface area (Å²) < 4.78 is 0. The number of benzene rings is 3. The highest BCUT2D eigenvalue weighted by Crippen LogP contribution is 2.25. The minimum absolute atomic E-state index is 0.0559. The molecule has 1 saturated heterocycles. The Morgan fingerprint density at radius 1 is 1.00 bits per heavy atom. The number of amides is 1. The number of hydrogen-bond acceptors (Lipinski definition) is 4. The molecule has 3 aromatic carbocycles. The number of rotatable bonds is 8. The first-order valence-electron chi connectivity index (χ1n) is 11.6. The SMILES string of the molecule is C[C@H](N=C(c1ccccc1)c1ccccc1NC(=O)[C@@H]1CCCN1Cc1ccccc1)C(=O)O. The van der Waals surface area contributed by atoms with Gasteiger partial charge in [0.05, 0.1) is 17.4 Å². The summed E-state index contributed by atoms with van der Waals surface area (Å²) in [5.41, 5.74) is 3.84. The first-order valence-corrected chi connectivity index (χ1v) is 11.6. The van der Waals surface area contributed by atoms with E-state index in [1.54, 1.807) is 6.92 Å². The largest absolute Gasteiger partial charge is 0.480 e. The summed E-state index contributed by atoms with van der Waals surface area (Å²) in [4.78, 5) is 31.6. The van der Waals surface area contributed by atoms with Crippen molar-refractivity contribution in [2.75, 3.05) is 11.9 Å². The second-order valence-electron chi connectivity index (χ2n) is 8.51. The molecule has 0 unspecified atom stereocenters. The zero-order valence-electron chi connectivity index (χ0n) is 19.2. The van der Waals surface area contributed by atoms with Crippen LogP contribution in [0.2, 0.25) is 0 Å². The predicted octanol–water partition coefficient (Wildman–Crippen LogP) is 4.60. The second kappa shape index (κ2) is 10.9. The van der Waals surface area contributed by atoms with Crippen LogP contribution in [0.5, 0.6) is 0 Å². The van der Waals surface area contributed by atoms with E-state index in [2.05, 4.69) is 27.3 Å². The molecule has 0 aliphatic carbocycles. The van der Waals surface area contributed by atoms with E-state index in [4.69, 9.17) is 0 Å². The van der Waals surface area contributed by atoms with E-state index in [1.807, 2.05) is 72.8 Å². The van der Waals surface area contributed by atoms with Crippen LogP contribution in [0.15, 0.2) is 89.9 Å². The summed E-state index contributed by atoms with van der Waals surface area (Å²) in [6.45, 7) is 3.15. The topological polar surface area (TPSA) is 82.0 Å². The number of carbonyl (C=O) groups is 2. The van der Waals surface area contributed by atoms with Crippen molar-refractivity contribution in [2.45, 2.75) is 38.4 Å². The lowest BCUT2D eigenvalue weighted by atomic mass is 9.99. The highest BCUT2D eigenvalue weighted by atomic mass is 16.4. The molecule has 1 aliphatic rings. The van der Waals surface area contributed by atoms with E-state index in [9.17, 15) is 14.7 Å². The zero-order chi connectivity index (χ0) is 23.9. The molecule has 174 valence electrons. The Balaban J connectivity index is 1.61. The van der Waals surface area contributed by atoms with Gasteiger partial charge in [0, 0.05) is 17.7 Å². The first kappa shape index (κ1) is 23.4. The van der Waals surface area contributed by atoms with Crippen LogP contribution in [0.4, 0.5) is 5.69 Å². The molecular weight excluding hydrogens is 426 g/mol. The van der Waals surface area contributed by atoms with Crippen LogP contribution in [0.1, 0.15) is 36.5 Å². The van der Waals surface area contributed by atoms with Crippen LogP contribution in [-0.4, -0.2) is 46.2 Å². The van der Waals surface area contributed by atoms with Crippen LogP contribution in [0.25, 0.3) is 0 Å². The van der Waals surface area contributed by atoms with Crippen molar-refractivity contribution in [3.05, 3.63) is 102 Å². The van der Waals surface area contributed by atoms with Gasteiger partial charge in [0.2, 0.25) is 5.91 Å². The lowest BCUT2D eigenvalue weighted by molar-refractivity contribution is -0.138. The third-order valence-electron chi connectivity index (χ3n) is 6.06. The molecule has 0 spiro atoms. The van der Waals surface area contributed by atoms with Crippen molar-refractivity contribution in [3.8, 4) is 0 Å². The molecule has 0 radical (unpaired) electrons. The molecule has 0 aromatic heterocycles. The van der Waals surface area contributed by atoms with Gasteiger partial charge in [0.25, 0.3) is 0 Å². The average Bonchev–Trinajstić information content (AvgIpc) is 3.32. The number of carboxylic acids is 1. The Bertz CT molecular complexity index is 1160. The van der Waals surface area contributed by atoms with Crippen LogP contribution >= 0.6 is 0 Å². The molecule has 34 heavy (non-hydrogen) atoms. The number of nitrogens with one attached hydrogen (secondary N) is 1. The Hall–Kier alpha value is -3.77. The van der Waals surface area contributed by atoms with Gasteiger partial charge in [0.15, 0.2) is 0 Å². The van der Waals surface area contributed by atoms with Crippen molar-refractivity contribution in [3.63, 3.8) is 0 Å². The molecule has 4 rings (SSSR count). The Kier molecular flexibility index (Phi) is 7.50. The maximum absolute atomic E-state index is 13.4. The fraction of sp³-hybridized carbons (Fsp3) is 0.250. The fourth-order valence-electron chi connectivity index (χ4n) is 4.29. The van der Waals surface area contributed by atoms with Crippen LogP contribution in [0.3, 0.4) is 0 Å². The van der Waals surface area contributed by atoms with E-state index in [-0.39, 0.29) is 11.9 Å². The van der Waals surface area contributed by atoms with E-state index in [0.29, 0.717) is 17.0 Å². The smallest absolute Gasteiger partial charge is 0.328 e. The maximum atomic E-state index is 13.4. The van der Waals surface area contributed by atoms with Crippen molar-refractivity contribution in [1.82, 2.24) is 4.90 Å². The van der Waals surface area contributed by atoms with Crippen molar-refractivity contribution >= 4 is 23.3 Å². The van der Waals surface area contributed by atoms with Gasteiger partial charge in [-0.25, -0.2) is 4.79 Å². The van der Waals surface area contributed by atoms with Crippen molar-refractivity contribution in [2.24, 2.45) is 4.99 Å². The summed E-state index contributed by atoms with van der Waals surface area (Å²) in [7, 11) is 0. The van der Waals surface area contributed by atoms with Gasteiger partial charge in [-0.1, -0.05) is 78.9 Å². The summed E-state index contributed by atoms with van der Waals surface area (Å²) in [5, 5.41) is 12.6. The predicted molar refractivity (Wildman–Crippen MR) is 134 cm³/mol. The van der Waals surface area contributed by atoms with Crippen LogP contribution in [-0.2, 0) is 16.1 Å². The van der Waals surface area contributed by atoms with E-state index >= 15 is 0 Å². The molecule has 6 heteroatoms. The number of carboxylic acid groups (broad SMARTS) is 1. The summed E-state index contributed by atoms with van der Waals surface area (Å²) >= 11 is 0. The quantitative estimate of drug-likeness (QED) is 0.487. The zero-order valence-corrected chi connectivity index (χ0v) is 19.2. The number of aliphatic carboxylic acids is 1. The Labute approximate surface area is 200 Å². The fourth-order valence-corrected chi connectivity index (χ4v) is 4.29. The highest BCUT2D eigenvalue weighted by Gasteiger charge is 2.31. The summed E-state index contributed by atoms with van der Waals surface area (Å²) in [5.74, 6) is -1.06. The van der Waals surface area contributed by atoms with Crippen LogP contribution in [0, 0.1) is 0 Å². The molecule has 3 aromatic rings. The number of likely N-dealkylation sites (tertiary alicyclic amines) is 1. The number of carbonyl (C=O) groups excluding carboxylic acids is 1. The van der Waals surface area contributed by atoms with Crippen LogP contribution < -0.4 is 5.32 Å². The Morgan fingerprint density at radius 2 is 1.65 bits per heavy atom. The van der Waals surface area contributed by atoms with Gasteiger partial charge >= 0.3 is 5.97 Å². The molecule has 0 saturated carbocycles. The normalized spacial score (nSPS) is 17.3. The molecule has 1 heterocycles. The molecule has 2 atom stereocenters. The monoisotopic (exact) mass is 455 g/mol. The van der Waals surface area contributed by atoms with E-state index in [1.165, 1.54) is 5.56 Å². The lowest BCUT2D eigenvalue weighted by Gasteiger charge is -2.24. The summed E-state index contributed by atoms with van der Waals surface area (Å²) in [6, 6.07) is 25.9. The third kappa shape index (κ3) is 5.58. The standard InChI is InChI=1S/C28H29N3O3/c1-20(28(33)34)29-26(22-13-6-3-7-14-22)23-15-8-9-16-24(23)30-27(32)25-17-10-18-31(25)19-21-11-4-2-5-12-21/h2-9,11-16,20,25H,10,17-19H2,1H3,(H,30,32)(H,33,34)/t20-,25-/m0/s1. The lowest BCUT2D eigenvalue weighted by Crippen LogP contribution is -2.39. The van der Waals surface area contributed by atoms with E-state index < -0.39 is 12.0 Å². The molecule has 1 fully saturated rings. The highest BCUT2D eigenvalue weighted by molar-refractivity contribution is 6.17. The first-order chi connectivity index (χ1) is 16.5. The van der Waals surface area contributed by atoms with Gasteiger partial charge in [-0.3, -0.25) is 14.7 Å². The molecule has 1 amide bonds. The Morgan fingerprint density at radius 3 is 2.35 bits per heavy atom. The number of nitrogens with zero attached hydrogens (tertiary/aromatic N) is 2. The van der Waals surface area contributed by atoms with Gasteiger partial charge in [-0.2, -0.15) is 0 Å². The van der Waals surface area contributed by atoms with Gasteiger partial charge < -0.3 is 10.4 Å². The van der Waals surface area contributed by atoms with Gasteiger partial charge in [0.1, 0.15) is 6.04 Å². The minimum Gasteiger partial charge on any atom is -0.480 e.